The van der Waals surface area contributed by atoms with Crippen LogP contribution in [0.25, 0.3) is 11.3 Å². The minimum absolute atomic E-state index is 0.186. The number of benzene rings is 1. The second-order valence-electron chi connectivity index (χ2n) is 6.82. The molecule has 2 heterocycles. The fourth-order valence-electron chi connectivity index (χ4n) is 2.81. The van der Waals surface area contributed by atoms with Crippen LogP contribution >= 0.6 is 0 Å². The average molecular weight is 434 g/mol. The van der Waals surface area contributed by atoms with Crippen molar-refractivity contribution in [3.63, 3.8) is 0 Å². The van der Waals surface area contributed by atoms with Gasteiger partial charge in [0.1, 0.15) is 6.54 Å². The number of nitrogens with zero attached hydrogens (tertiary/aromatic N) is 3. The van der Waals surface area contributed by atoms with Gasteiger partial charge in [0.05, 0.1) is 5.69 Å². The molecule has 0 saturated carbocycles. The van der Waals surface area contributed by atoms with Crippen LogP contribution in [0.5, 0.6) is 0 Å². The molecule has 3 aromatic rings. The van der Waals surface area contributed by atoms with Gasteiger partial charge in [-0.15, -0.1) is 0 Å². The van der Waals surface area contributed by atoms with Crippen molar-refractivity contribution in [2.24, 2.45) is 0 Å². The molecule has 2 aromatic heterocycles. The Balaban J connectivity index is 1.47. The van der Waals surface area contributed by atoms with Gasteiger partial charge in [0, 0.05) is 55.3 Å². The lowest BCUT2D eigenvalue weighted by molar-refractivity contribution is -0.121. The van der Waals surface area contributed by atoms with E-state index in [2.05, 4.69) is 26.0 Å². The molecule has 0 aliphatic carbocycles. The smallest absolute Gasteiger partial charge is 0.267 e. The van der Waals surface area contributed by atoms with Gasteiger partial charge in [-0.2, -0.15) is 5.10 Å². The van der Waals surface area contributed by atoms with E-state index in [9.17, 15) is 19.2 Å². The van der Waals surface area contributed by atoms with E-state index in [1.165, 1.54) is 13.0 Å². The largest absolute Gasteiger partial charge is 0.353 e. The van der Waals surface area contributed by atoms with Crippen LogP contribution in [0.2, 0.25) is 0 Å². The van der Waals surface area contributed by atoms with Crippen molar-refractivity contribution >= 4 is 23.4 Å². The van der Waals surface area contributed by atoms with E-state index in [0.29, 0.717) is 16.9 Å². The molecule has 0 aliphatic rings. The first-order valence-corrected chi connectivity index (χ1v) is 9.83. The van der Waals surface area contributed by atoms with E-state index >= 15 is 0 Å². The molecule has 0 atom stereocenters. The lowest BCUT2D eigenvalue weighted by Crippen LogP contribution is -2.38. The second kappa shape index (κ2) is 10.6. The molecule has 0 saturated heterocycles. The maximum atomic E-state index is 12.2. The Bertz CT molecular complexity index is 1160. The molecule has 10 nitrogen and oxygen atoms in total. The molecular formula is C22H22N6O4. The number of nitrogens with one attached hydrogen (secondary N) is 3. The predicted molar refractivity (Wildman–Crippen MR) is 118 cm³/mol. The summed E-state index contributed by atoms with van der Waals surface area (Å²) in [4.78, 5) is 51.4. The maximum Gasteiger partial charge on any atom is 0.267 e. The van der Waals surface area contributed by atoms with Crippen molar-refractivity contribution in [2.45, 2.75) is 13.5 Å². The Labute approximate surface area is 183 Å². The lowest BCUT2D eigenvalue weighted by Gasteiger charge is -2.09. The van der Waals surface area contributed by atoms with Gasteiger partial charge in [0.25, 0.3) is 11.5 Å². The van der Waals surface area contributed by atoms with Crippen molar-refractivity contribution in [3.8, 4) is 11.3 Å². The zero-order chi connectivity index (χ0) is 22.9. The van der Waals surface area contributed by atoms with Gasteiger partial charge in [0.2, 0.25) is 11.8 Å². The van der Waals surface area contributed by atoms with Gasteiger partial charge in [-0.1, -0.05) is 0 Å². The molecule has 3 amide bonds. The first-order chi connectivity index (χ1) is 15.4. The SMILES string of the molecule is CC(=O)Nc1ccc(C(=O)NCCNC(=O)Cn2nc(-c3cccnc3)ccc2=O)cc1. The Hall–Kier alpha value is -4.34. The lowest BCUT2D eigenvalue weighted by atomic mass is 10.2. The quantitative estimate of drug-likeness (QED) is 0.449. The number of anilines is 1. The molecule has 10 heteroatoms. The summed E-state index contributed by atoms with van der Waals surface area (Å²) in [6, 6.07) is 12.9. The van der Waals surface area contributed by atoms with Gasteiger partial charge >= 0.3 is 0 Å². The molecule has 32 heavy (non-hydrogen) atoms. The van der Waals surface area contributed by atoms with Crippen LogP contribution in [0.3, 0.4) is 0 Å². The molecule has 0 radical (unpaired) electrons. The van der Waals surface area contributed by atoms with Crippen LogP contribution in [0.15, 0.2) is 65.7 Å². The molecule has 1 aromatic carbocycles. The normalized spacial score (nSPS) is 10.3. The molecule has 0 bridgehead atoms. The standard InChI is InChI=1S/C22H22N6O4/c1-15(29)26-18-6-4-16(5-7-18)22(32)25-12-11-24-20(30)14-28-21(31)9-8-19(27-28)17-3-2-10-23-13-17/h2-10,13H,11-12,14H2,1H3,(H,24,30)(H,25,32)(H,26,29). The summed E-state index contributed by atoms with van der Waals surface area (Å²) >= 11 is 0. The number of rotatable bonds is 8. The Morgan fingerprint density at radius 3 is 2.41 bits per heavy atom. The van der Waals surface area contributed by atoms with Gasteiger partial charge in [-0.05, 0) is 42.5 Å². The minimum atomic E-state index is -0.406. The van der Waals surface area contributed by atoms with E-state index in [4.69, 9.17) is 0 Å². The van der Waals surface area contributed by atoms with Crippen LogP contribution in [0, 0.1) is 0 Å². The van der Waals surface area contributed by atoms with Crippen LogP contribution in [0.1, 0.15) is 17.3 Å². The highest BCUT2D eigenvalue weighted by molar-refractivity contribution is 5.95. The number of hydrogen-bond donors (Lipinski definition) is 3. The fraction of sp³-hybridized carbons (Fsp3) is 0.182. The summed E-state index contributed by atoms with van der Waals surface area (Å²) in [6.45, 7) is 1.55. The number of pyridine rings is 1. The summed E-state index contributed by atoms with van der Waals surface area (Å²) in [7, 11) is 0. The van der Waals surface area contributed by atoms with Crippen LogP contribution < -0.4 is 21.5 Å². The second-order valence-corrected chi connectivity index (χ2v) is 6.82. The molecule has 3 N–H and O–H groups in total. The van der Waals surface area contributed by atoms with Gasteiger partial charge in [-0.3, -0.25) is 24.2 Å². The van der Waals surface area contributed by atoms with Gasteiger partial charge < -0.3 is 16.0 Å². The fourth-order valence-corrected chi connectivity index (χ4v) is 2.81. The first kappa shape index (κ1) is 22.3. The van der Waals surface area contributed by atoms with Crippen molar-refractivity contribution in [1.82, 2.24) is 25.4 Å². The van der Waals surface area contributed by atoms with Gasteiger partial charge in [-0.25, -0.2) is 4.68 Å². The number of carbonyl (C=O) groups excluding carboxylic acids is 3. The first-order valence-electron chi connectivity index (χ1n) is 9.83. The zero-order valence-electron chi connectivity index (χ0n) is 17.4. The number of carbonyl (C=O) groups is 3. The highest BCUT2D eigenvalue weighted by Crippen LogP contribution is 2.12. The summed E-state index contributed by atoms with van der Waals surface area (Å²) in [5.41, 5.74) is 1.88. The van der Waals surface area contributed by atoms with Crippen LogP contribution in [-0.4, -0.2) is 45.6 Å². The topological polar surface area (TPSA) is 135 Å². The molecule has 0 fully saturated rings. The Morgan fingerprint density at radius 1 is 0.969 bits per heavy atom. The monoisotopic (exact) mass is 434 g/mol. The van der Waals surface area contributed by atoms with Crippen LogP contribution in [0.4, 0.5) is 5.69 Å². The Kier molecular flexibility index (Phi) is 7.42. The zero-order valence-corrected chi connectivity index (χ0v) is 17.4. The minimum Gasteiger partial charge on any atom is -0.353 e. The van der Waals surface area contributed by atoms with Gasteiger partial charge in [0.15, 0.2) is 0 Å². The van der Waals surface area contributed by atoms with E-state index in [1.54, 1.807) is 54.9 Å². The van der Waals surface area contributed by atoms with E-state index in [-0.39, 0.29) is 31.4 Å². The third-order valence-corrected chi connectivity index (χ3v) is 4.32. The van der Waals surface area contributed by atoms with Crippen molar-refractivity contribution in [2.75, 3.05) is 18.4 Å². The average Bonchev–Trinajstić information content (AvgIpc) is 2.79. The molecule has 0 unspecified atom stereocenters. The van der Waals surface area contributed by atoms with Crippen molar-refractivity contribution < 1.29 is 14.4 Å². The third-order valence-electron chi connectivity index (χ3n) is 4.32. The van der Waals surface area contributed by atoms with E-state index in [0.717, 1.165) is 10.2 Å². The molecule has 3 rings (SSSR count). The molecular weight excluding hydrogens is 412 g/mol. The molecule has 0 spiro atoms. The van der Waals surface area contributed by atoms with Crippen molar-refractivity contribution in [1.29, 1.82) is 0 Å². The molecule has 164 valence electrons. The summed E-state index contributed by atoms with van der Waals surface area (Å²) in [5.74, 6) is -0.910. The van der Waals surface area contributed by atoms with Crippen molar-refractivity contribution in [3.05, 3.63) is 76.8 Å². The predicted octanol–water partition coefficient (Wildman–Crippen LogP) is 0.810. The van der Waals surface area contributed by atoms with E-state index in [1.807, 2.05) is 0 Å². The van der Waals surface area contributed by atoms with Crippen LogP contribution in [-0.2, 0) is 16.1 Å². The summed E-state index contributed by atoms with van der Waals surface area (Å²) in [6.07, 6.45) is 3.25. The highest BCUT2D eigenvalue weighted by atomic mass is 16.2. The summed E-state index contributed by atoms with van der Waals surface area (Å²) < 4.78 is 1.08. The highest BCUT2D eigenvalue weighted by Gasteiger charge is 2.09. The number of hydrogen-bond acceptors (Lipinski definition) is 6. The summed E-state index contributed by atoms with van der Waals surface area (Å²) in [5, 5.41) is 12.2. The number of amides is 3. The number of aromatic nitrogens is 3. The van der Waals surface area contributed by atoms with E-state index < -0.39 is 11.5 Å². The third kappa shape index (κ3) is 6.33. The maximum absolute atomic E-state index is 12.2. The Morgan fingerprint density at radius 2 is 1.72 bits per heavy atom. The molecule has 0 aliphatic heterocycles.